The number of carbonyl (C=O) groups is 1. The average Bonchev–Trinajstić information content (AvgIpc) is 2.60. The highest BCUT2D eigenvalue weighted by atomic mass is 79.9. The number of halogens is 1. The molecule has 1 atom stereocenters. The number of aryl methyl sites for hydroxylation is 1. The minimum absolute atomic E-state index is 0.0543. The van der Waals surface area contributed by atoms with Gasteiger partial charge >= 0.3 is 0 Å². The molecule has 1 heterocycles. The lowest BCUT2D eigenvalue weighted by Gasteiger charge is -2.17. The molecule has 0 spiro atoms. The number of nitrogens with zero attached hydrogens (tertiary/aromatic N) is 3. The van der Waals surface area contributed by atoms with E-state index in [1.54, 1.807) is 13.8 Å². The van der Waals surface area contributed by atoms with E-state index in [0.29, 0.717) is 31.4 Å². The van der Waals surface area contributed by atoms with Crippen molar-refractivity contribution in [2.45, 2.75) is 46.3 Å². The third kappa shape index (κ3) is 6.68. The summed E-state index contributed by atoms with van der Waals surface area (Å²) < 4.78 is 6.85. The van der Waals surface area contributed by atoms with Gasteiger partial charge in [-0.2, -0.15) is 15.0 Å². The minimum Gasteiger partial charge on any atom is -0.375 e. The van der Waals surface area contributed by atoms with E-state index in [-0.39, 0.29) is 17.9 Å². The zero-order valence-corrected chi connectivity index (χ0v) is 16.8. The third-order valence-electron chi connectivity index (χ3n) is 3.62. The van der Waals surface area contributed by atoms with Crippen LogP contribution in [-0.4, -0.2) is 33.5 Å². The lowest BCUT2D eigenvalue weighted by molar-refractivity contribution is -0.115. The number of hydrogen-bond donors (Lipinski definition) is 2. The molecule has 0 fully saturated rings. The predicted octanol–water partition coefficient (Wildman–Crippen LogP) is 3.70. The van der Waals surface area contributed by atoms with E-state index in [1.165, 1.54) is 0 Å². The van der Waals surface area contributed by atoms with Crippen molar-refractivity contribution in [2.75, 3.05) is 17.2 Å². The number of hydrogen-bond acceptors (Lipinski definition) is 6. The molecule has 0 saturated heterocycles. The Hall–Kier alpha value is -2.06. The maximum absolute atomic E-state index is 11.5. The molecule has 0 saturated carbocycles. The first-order chi connectivity index (χ1) is 12.5. The Morgan fingerprint density at radius 3 is 2.69 bits per heavy atom. The molecule has 7 nitrogen and oxygen atoms in total. The highest BCUT2D eigenvalue weighted by Gasteiger charge is 2.11. The third-order valence-corrected chi connectivity index (χ3v) is 4.12. The maximum Gasteiger partial charge on any atom is 0.234 e. The van der Waals surface area contributed by atoms with Crippen LogP contribution in [0, 0.1) is 6.92 Å². The Bertz CT molecular complexity index is 741. The molecular weight excluding hydrogens is 398 g/mol. The Morgan fingerprint density at radius 1 is 1.23 bits per heavy atom. The van der Waals surface area contributed by atoms with Crippen LogP contribution < -0.4 is 10.6 Å². The van der Waals surface area contributed by atoms with Crippen LogP contribution in [0.1, 0.15) is 38.1 Å². The Balaban J connectivity index is 1.93. The molecule has 1 aromatic carbocycles. The summed E-state index contributed by atoms with van der Waals surface area (Å²) in [5, 5.41) is 5.91. The smallest absolute Gasteiger partial charge is 0.234 e. The molecule has 2 N–H and O–H groups in total. The second kappa shape index (κ2) is 10.2. The molecule has 0 radical (unpaired) electrons. The van der Waals surface area contributed by atoms with Gasteiger partial charge in [-0.05, 0) is 31.0 Å². The number of anilines is 2. The second-order valence-electron chi connectivity index (χ2n) is 5.83. The van der Waals surface area contributed by atoms with Gasteiger partial charge in [0, 0.05) is 10.9 Å². The highest BCUT2D eigenvalue weighted by Crippen LogP contribution is 2.13. The molecule has 1 aromatic heterocycles. The van der Waals surface area contributed by atoms with Crippen molar-refractivity contribution in [3.05, 3.63) is 40.1 Å². The van der Waals surface area contributed by atoms with Crippen molar-refractivity contribution >= 4 is 33.7 Å². The van der Waals surface area contributed by atoms with E-state index in [9.17, 15) is 4.79 Å². The molecular formula is C18H24BrN5O2. The van der Waals surface area contributed by atoms with Crippen molar-refractivity contribution in [1.29, 1.82) is 0 Å². The number of carbonyl (C=O) groups excluding carboxylic acids is 1. The van der Waals surface area contributed by atoms with Crippen molar-refractivity contribution in [3.63, 3.8) is 0 Å². The Labute approximate surface area is 162 Å². The maximum atomic E-state index is 11.5. The quantitative estimate of drug-likeness (QED) is 0.641. The highest BCUT2D eigenvalue weighted by molar-refractivity contribution is 9.10. The van der Waals surface area contributed by atoms with E-state index in [1.807, 2.05) is 24.3 Å². The van der Waals surface area contributed by atoms with Crippen molar-refractivity contribution in [3.8, 4) is 0 Å². The van der Waals surface area contributed by atoms with Gasteiger partial charge in [-0.3, -0.25) is 10.1 Å². The number of benzene rings is 1. The van der Waals surface area contributed by atoms with Crippen LogP contribution in [0.4, 0.5) is 11.9 Å². The molecule has 0 bridgehead atoms. The summed E-state index contributed by atoms with van der Waals surface area (Å²) in [5.74, 6) is 1.10. The number of rotatable bonds is 9. The molecule has 2 aromatic rings. The van der Waals surface area contributed by atoms with Gasteiger partial charge < -0.3 is 10.1 Å². The molecule has 140 valence electrons. The first kappa shape index (κ1) is 20.3. The fraction of sp³-hybridized carbons (Fsp3) is 0.444. The average molecular weight is 422 g/mol. The van der Waals surface area contributed by atoms with Gasteiger partial charge in [0.25, 0.3) is 0 Å². The Morgan fingerprint density at radius 2 is 2.00 bits per heavy atom. The fourth-order valence-electron chi connectivity index (χ4n) is 2.21. The summed E-state index contributed by atoms with van der Waals surface area (Å²) in [5.41, 5.74) is 1.11. The molecule has 0 aliphatic carbocycles. The largest absolute Gasteiger partial charge is 0.375 e. The van der Waals surface area contributed by atoms with E-state index < -0.39 is 0 Å². The SMILES string of the molecule is CCC(=O)Nc1nc(C)nc(NC(CC)COCc2cccc(Br)c2)n1. The molecule has 1 unspecified atom stereocenters. The van der Waals surface area contributed by atoms with E-state index in [2.05, 4.69) is 48.4 Å². The lowest BCUT2D eigenvalue weighted by Crippen LogP contribution is -2.26. The van der Waals surface area contributed by atoms with Gasteiger partial charge in [0.15, 0.2) is 0 Å². The number of amides is 1. The predicted molar refractivity (Wildman–Crippen MR) is 105 cm³/mol. The van der Waals surface area contributed by atoms with Crippen molar-refractivity contribution in [1.82, 2.24) is 15.0 Å². The molecule has 1 amide bonds. The number of aromatic nitrogens is 3. The summed E-state index contributed by atoms with van der Waals surface area (Å²) in [7, 11) is 0. The van der Waals surface area contributed by atoms with E-state index in [0.717, 1.165) is 16.5 Å². The van der Waals surface area contributed by atoms with E-state index in [4.69, 9.17) is 4.74 Å². The van der Waals surface area contributed by atoms with Gasteiger partial charge in [0.1, 0.15) is 5.82 Å². The normalized spacial score (nSPS) is 11.8. The van der Waals surface area contributed by atoms with Crippen LogP contribution in [0.3, 0.4) is 0 Å². The number of nitrogens with one attached hydrogen (secondary N) is 2. The molecule has 26 heavy (non-hydrogen) atoms. The first-order valence-electron chi connectivity index (χ1n) is 8.61. The summed E-state index contributed by atoms with van der Waals surface area (Å²) in [6.45, 7) is 6.65. The lowest BCUT2D eigenvalue weighted by atomic mass is 10.2. The Kier molecular flexibility index (Phi) is 7.93. The molecule has 0 aliphatic rings. The van der Waals surface area contributed by atoms with Gasteiger partial charge in [0.05, 0.1) is 19.3 Å². The summed E-state index contributed by atoms with van der Waals surface area (Å²) >= 11 is 3.46. The molecule has 8 heteroatoms. The van der Waals surface area contributed by atoms with Crippen LogP contribution >= 0.6 is 15.9 Å². The second-order valence-corrected chi connectivity index (χ2v) is 6.74. The van der Waals surface area contributed by atoms with Crippen LogP contribution in [0.15, 0.2) is 28.7 Å². The minimum atomic E-state index is -0.133. The monoisotopic (exact) mass is 421 g/mol. The van der Waals surface area contributed by atoms with Crippen LogP contribution in [-0.2, 0) is 16.1 Å². The van der Waals surface area contributed by atoms with Crippen molar-refractivity contribution < 1.29 is 9.53 Å². The molecule has 0 aliphatic heterocycles. The zero-order chi connectivity index (χ0) is 18.9. The van der Waals surface area contributed by atoms with E-state index >= 15 is 0 Å². The van der Waals surface area contributed by atoms with Gasteiger partial charge in [-0.25, -0.2) is 0 Å². The number of ether oxygens (including phenoxy) is 1. The standard InChI is InChI=1S/C18H24BrN5O2/c1-4-15(11-26-10-13-7-6-8-14(19)9-13)22-17-20-12(3)21-18(24-17)23-16(25)5-2/h6-9,15H,4-5,10-11H2,1-3H3,(H2,20,21,22,23,24,25). The molecule has 2 rings (SSSR count). The van der Waals surface area contributed by atoms with Crippen molar-refractivity contribution in [2.24, 2.45) is 0 Å². The topological polar surface area (TPSA) is 89.0 Å². The zero-order valence-electron chi connectivity index (χ0n) is 15.3. The van der Waals surface area contributed by atoms with Crippen LogP contribution in [0.2, 0.25) is 0 Å². The fourth-order valence-corrected chi connectivity index (χ4v) is 2.65. The van der Waals surface area contributed by atoms with Crippen LogP contribution in [0.5, 0.6) is 0 Å². The van der Waals surface area contributed by atoms with Crippen LogP contribution in [0.25, 0.3) is 0 Å². The summed E-state index contributed by atoms with van der Waals surface area (Å²) in [4.78, 5) is 24.2. The summed E-state index contributed by atoms with van der Waals surface area (Å²) in [6, 6.07) is 8.08. The first-order valence-corrected chi connectivity index (χ1v) is 9.40. The van der Waals surface area contributed by atoms with Gasteiger partial charge in [0.2, 0.25) is 17.8 Å². The van der Waals surface area contributed by atoms with Gasteiger partial charge in [-0.1, -0.05) is 41.9 Å². The summed E-state index contributed by atoms with van der Waals surface area (Å²) in [6.07, 6.45) is 1.22. The van der Waals surface area contributed by atoms with Gasteiger partial charge in [-0.15, -0.1) is 0 Å².